The van der Waals surface area contributed by atoms with Gasteiger partial charge in [0.1, 0.15) is 17.6 Å². The molecule has 2 N–H and O–H groups in total. The van der Waals surface area contributed by atoms with Crippen LogP contribution in [0.3, 0.4) is 0 Å². The van der Waals surface area contributed by atoms with Gasteiger partial charge in [0, 0.05) is 44.6 Å². The van der Waals surface area contributed by atoms with Crippen molar-refractivity contribution in [3.05, 3.63) is 52.7 Å². The van der Waals surface area contributed by atoms with Crippen molar-refractivity contribution in [3.8, 4) is 5.75 Å². The minimum absolute atomic E-state index is 0.0369. The summed E-state index contributed by atoms with van der Waals surface area (Å²) in [6.45, 7) is 6.89. The molecule has 38 heavy (non-hydrogen) atoms. The van der Waals surface area contributed by atoms with Gasteiger partial charge < -0.3 is 24.6 Å². The Balaban J connectivity index is 1.26. The molecular formula is C30H43N3O5. The number of carboxylic acids is 1. The van der Waals surface area contributed by atoms with Crippen molar-refractivity contribution >= 4 is 11.8 Å². The Morgan fingerprint density at radius 1 is 1.21 bits per heavy atom. The van der Waals surface area contributed by atoms with Crippen molar-refractivity contribution in [3.63, 3.8) is 0 Å². The first-order chi connectivity index (χ1) is 18.3. The number of anilines is 1. The monoisotopic (exact) mass is 525 g/mol. The lowest BCUT2D eigenvalue weighted by atomic mass is 9.93. The highest BCUT2D eigenvalue weighted by atomic mass is 16.5. The summed E-state index contributed by atoms with van der Waals surface area (Å²) in [5, 5.41) is 13.6. The number of pyridine rings is 1. The second kappa shape index (κ2) is 12.9. The molecule has 4 rings (SSSR count). The normalized spacial score (nSPS) is 18.6. The maximum absolute atomic E-state index is 12.4. The zero-order valence-electron chi connectivity index (χ0n) is 23.3. The number of fused-ring (bicyclic) bond motifs is 1. The number of aromatic nitrogens is 1. The molecule has 2 aliphatic rings. The smallest absolute Gasteiger partial charge is 0.325 e. The largest absolute Gasteiger partial charge is 0.496 e. The number of carboxylic acid groups (broad SMARTS) is 1. The van der Waals surface area contributed by atoms with Crippen molar-refractivity contribution in [2.24, 2.45) is 0 Å². The highest BCUT2D eigenvalue weighted by molar-refractivity contribution is 5.77. The minimum Gasteiger partial charge on any atom is -0.496 e. The fourth-order valence-electron chi connectivity index (χ4n) is 5.39. The van der Waals surface area contributed by atoms with Crippen LogP contribution in [0.15, 0.2) is 30.3 Å². The molecule has 2 aromatic rings. The molecule has 0 spiro atoms. The van der Waals surface area contributed by atoms with E-state index in [-0.39, 0.29) is 6.10 Å². The Morgan fingerprint density at radius 2 is 2.05 bits per heavy atom. The van der Waals surface area contributed by atoms with Gasteiger partial charge in [-0.3, -0.25) is 9.69 Å². The fourth-order valence-corrected chi connectivity index (χ4v) is 5.39. The van der Waals surface area contributed by atoms with E-state index >= 15 is 0 Å². The molecule has 1 aromatic heterocycles. The van der Waals surface area contributed by atoms with Crippen LogP contribution in [0, 0.1) is 0 Å². The molecule has 2 aliphatic heterocycles. The van der Waals surface area contributed by atoms with Gasteiger partial charge in [-0.1, -0.05) is 18.6 Å². The van der Waals surface area contributed by atoms with Gasteiger partial charge in [-0.2, -0.15) is 0 Å². The highest BCUT2D eigenvalue weighted by Crippen LogP contribution is 2.36. The van der Waals surface area contributed by atoms with E-state index < -0.39 is 17.6 Å². The number of carbonyl (C=O) groups is 1. The Bertz CT molecular complexity index is 1090. The molecule has 0 bridgehead atoms. The van der Waals surface area contributed by atoms with E-state index in [2.05, 4.69) is 17.4 Å². The average molecular weight is 526 g/mol. The van der Waals surface area contributed by atoms with Gasteiger partial charge in [0.2, 0.25) is 0 Å². The molecule has 0 amide bonds. The summed E-state index contributed by atoms with van der Waals surface area (Å²) in [6.07, 6.45) is 7.29. The van der Waals surface area contributed by atoms with Crippen LogP contribution in [0.5, 0.6) is 5.75 Å². The van der Waals surface area contributed by atoms with E-state index in [9.17, 15) is 9.90 Å². The zero-order valence-corrected chi connectivity index (χ0v) is 23.3. The second-order valence-electron chi connectivity index (χ2n) is 10.8. The standard InChI is InChI=1S/C30H43N3O5/c1-30(2,37-4)22-12-14-26(36-3)25(19-22)27(29(34)35)33-17-15-24(20-33)38-18-7-5-6-10-23-13-11-21-9-8-16-31-28(21)32-23/h11-14,19,24,27H,5-10,15-18,20H2,1-4H3,(H,31,32)(H,34,35)/t24-,27-/m1/s1. The third-order valence-corrected chi connectivity index (χ3v) is 7.89. The van der Waals surface area contributed by atoms with Gasteiger partial charge >= 0.3 is 5.97 Å². The Hall–Kier alpha value is -2.68. The number of aliphatic carboxylic acids is 1. The maximum Gasteiger partial charge on any atom is 0.325 e. The number of likely N-dealkylation sites (tertiary alicyclic amines) is 1. The summed E-state index contributed by atoms with van der Waals surface area (Å²) in [5.74, 6) is 0.748. The van der Waals surface area contributed by atoms with E-state index in [0.717, 1.165) is 62.1 Å². The van der Waals surface area contributed by atoms with Crippen molar-refractivity contribution in [2.45, 2.75) is 76.5 Å². The molecule has 8 nitrogen and oxygen atoms in total. The molecule has 0 radical (unpaired) electrons. The Kier molecular flexibility index (Phi) is 9.63. The molecule has 1 fully saturated rings. The number of unbranched alkanes of at least 4 members (excludes halogenated alkanes) is 2. The third kappa shape index (κ3) is 6.84. The second-order valence-corrected chi connectivity index (χ2v) is 10.8. The summed E-state index contributed by atoms with van der Waals surface area (Å²) >= 11 is 0. The van der Waals surface area contributed by atoms with Crippen LogP contribution in [0.25, 0.3) is 0 Å². The van der Waals surface area contributed by atoms with E-state index in [4.69, 9.17) is 19.2 Å². The van der Waals surface area contributed by atoms with Crippen molar-refractivity contribution in [1.29, 1.82) is 0 Å². The van der Waals surface area contributed by atoms with Crippen LogP contribution in [-0.2, 0) is 32.7 Å². The first-order valence-corrected chi connectivity index (χ1v) is 13.9. The predicted molar refractivity (Wildman–Crippen MR) is 148 cm³/mol. The van der Waals surface area contributed by atoms with Crippen molar-refractivity contribution < 1.29 is 24.1 Å². The topological polar surface area (TPSA) is 93.2 Å². The van der Waals surface area contributed by atoms with Crippen LogP contribution in [0.4, 0.5) is 5.82 Å². The number of hydrogen-bond donors (Lipinski definition) is 2. The molecule has 0 saturated carbocycles. The quantitative estimate of drug-likeness (QED) is 0.355. The number of nitrogens with one attached hydrogen (secondary N) is 1. The predicted octanol–water partition coefficient (Wildman–Crippen LogP) is 4.96. The minimum atomic E-state index is -0.887. The van der Waals surface area contributed by atoms with E-state index in [0.29, 0.717) is 31.0 Å². The lowest BCUT2D eigenvalue weighted by molar-refractivity contribution is -0.143. The summed E-state index contributed by atoms with van der Waals surface area (Å²) < 4.78 is 17.3. The third-order valence-electron chi connectivity index (χ3n) is 7.89. The number of hydrogen-bond acceptors (Lipinski definition) is 7. The van der Waals surface area contributed by atoms with Gasteiger partial charge in [-0.25, -0.2) is 4.98 Å². The molecule has 3 heterocycles. The van der Waals surface area contributed by atoms with Gasteiger partial charge in [0.25, 0.3) is 0 Å². The number of methoxy groups -OCH3 is 2. The van der Waals surface area contributed by atoms with Crippen molar-refractivity contribution in [2.75, 3.05) is 45.8 Å². The van der Waals surface area contributed by atoms with Crippen LogP contribution in [-0.4, -0.2) is 67.5 Å². The first kappa shape index (κ1) is 28.3. The molecular weight excluding hydrogens is 482 g/mol. The molecule has 0 aliphatic carbocycles. The molecule has 8 heteroatoms. The van der Waals surface area contributed by atoms with Crippen molar-refractivity contribution in [1.82, 2.24) is 9.88 Å². The van der Waals surface area contributed by atoms with E-state index in [1.165, 1.54) is 12.0 Å². The number of nitrogens with zero attached hydrogens (tertiary/aromatic N) is 2. The summed E-state index contributed by atoms with van der Waals surface area (Å²) in [6, 6.07) is 9.25. The molecule has 0 unspecified atom stereocenters. The Labute approximate surface area is 226 Å². The van der Waals surface area contributed by atoms with Crippen LogP contribution < -0.4 is 10.1 Å². The summed E-state index contributed by atoms with van der Waals surface area (Å²) in [7, 11) is 3.23. The van der Waals surface area contributed by atoms with Gasteiger partial charge in [-0.15, -0.1) is 0 Å². The molecule has 1 saturated heterocycles. The number of benzene rings is 1. The average Bonchev–Trinajstić information content (AvgIpc) is 3.38. The van der Waals surface area contributed by atoms with Gasteiger partial charge in [0.05, 0.1) is 18.8 Å². The maximum atomic E-state index is 12.4. The molecule has 1 aromatic carbocycles. The van der Waals surface area contributed by atoms with Gasteiger partial charge in [-0.05, 0) is 81.7 Å². The molecule has 2 atom stereocenters. The van der Waals surface area contributed by atoms with E-state index in [1.54, 1.807) is 14.2 Å². The first-order valence-electron chi connectivity index (χ1n) is 13.9. The van der Waals surface area contributed by atoms with Gasteiger partial charge in [0.15, 0.2) is 0 Å². The SMILES string of the molecule is COc1ccc(C(C)(C)OC)cc1[C@H](C(=O)O)N1CC[C@@H](OCCCCCc2ccc3c(n2)NCCC3)C1. The van der Waals surface area contributed by atoms with Crippen LogP contribution in [0.1, 0.15) is 74.4 Å². The number of rotatable bonds is 13. The van der Waals surface area contributed by atoms with Crippen LogP contribution in [0.2, 0.25) is 0 Å². The summed E-state index contributed by atoms with van der Waals surface area (Å²) in [5.41, 5.74) is 3.51. The lowest BCUT2D eigenvalue weighted by Gasteiger charge is -2.29. The summed E-state index contributed by atoms with van der Waals surface area (Å²) in [4.78, 5) is 19.2. The fraction of sp³-hybridized carbons (Fsp3) is 0.600. The zero-order chi connectivity index (χ0) is 27.1. The van der Waals surface area contributed by atoms with E-state index in [1.807, 2.05) is 36.9 Å². The van der Waals surface area contributed by atoms with Crippen LogP contribution >= 0.6 is 0 Å². The number of ether oxygens (including phenoxy) is 3. The highest BCUT2D eigenvalue weighted by Gasteiger charge is 2.36. The molecule has 208 valence electrons. The Morgan fingerprint density at radius 3 is 2.82 bits per heavy atom. The lowest BCUT2D eigenvalue weighted by Crippen LogP contribution is -2.34. The number of aryl methyl sites for hydroxylation is 2.